The first kappa shape index (κ1) is 20.4. The predicted molar refractivity (Wildman–Crippen MR) is 108 cm³/mol. The molecular formula is C19H24N4O3Si. The van der Waals surface area contributed by atoms with Crippen molar-refractivity contribution in [2.24, 2.45) is 5.10 Å². The van der Waals surface area contributed by atoms with Crippen LogP contribution >= 0.6 is 0 Å². The second kappa shape index (κ2) is 7.79. The minimum absolute atomic E-state index is 0.0483. The van der Waals surface area contributed by atoms with E-state index in [4.69, 9.17) is 0 Å². The molecule has 1 aromatic carbocycles. The molecule has 0 spiro atoms. The fourth-order valence-electron chi connectivity index (χ4n) is 2.27. The Kier molecular flexibility index (Phi) is 5.90. The number of amides is 1. The van der Waals surface area contributed by atoms with E-state index in [1.54, 1.807) is 42.7 Å². The van der Waals surface area contributed by atoms with Crippen molar-refractivity contribution in [3.8, 4) is 0 Å². The van der Waals surface area contributed by atoms with Gasteiger partial charge in [0.25, 0.3) is 11.6 Å². The second-order valence-corrected chi connectivity index (χ2v) is 12.8. The van der Waals surface area contributed by atoms with Crippen molar-refractivity contribution in [3.63, 3.8) is 0 Å². The maximum absolute atomic E-state index is 13.2. The number of benzene rings is 1. The largest absolute Gasteiger partial charge is 0.278 e. The number of pyridine rings is 1. The number of nitrogens with zero attached hydrogens (tertiary/aromatic N) is 4. The van der Waals surface area contributed by atoms with Crippen LogP contribution in [0.4, 0.5) is 5.69 Å². The van der Waals surface area contributed by atoms with Crippen molar-refractivity contribution in [1.29, 1.82) is 0 Å². The standard InChI is InChI=1S/C19H24N4O3Si/c1-19(2,3)27(4,5)22(18(24)15-10-12-20-13-11-15)21-14-16-8-6-7-9-17(16)23(25)26/h6-14H,1-5H3/b21-14+. The predicted octanol–water partition coefficient (Wildman–Crippen LogP) is 4.47. The van der Waals surface area contributed by atoms with Gasteiger partial charge in [0.1, 0.15) is 0 Å². The van der Waals surface area contributed by atoms with Gasteiger partial charge in [0.15, 0.2) is 8.24 Å². The first-order valence-electron chi connectivity index (χ1n) is 8.57. The number of hydrogen-bond acceptors (Lipinski definition) is 5. The summed E-state index contributed by atoms with van der Waals surface area (Å²) in [7, 11) is -2.38. The summed E-state index contributed by atoms with van der Waals surface area (Å²) < 4.78 is 1.53. The summed E-state index contributed by atoms with van der Waals surface area (Å²) in [6.07, 6.45) is 4.52. The number of hydrogen-bond donors (Lipinski definition) is 0. The van der Waals surface area contributed by atoms with Crippen molar-refractivity contribution in [3.05, 3.63) is 70.0 Å². The highest BCUT2D eigenvalue weighted by atomic mass is 28.3. The van der Waals surface area contributed by atoms with Crippen LogP contribution < -0.4 is 0 Å². The SMILES string of the molecule is CC(C)(C)[Si](C)(C)N(/N=C/c1ccccc1[N+](=O)[O-])C(=O)c1ccncc1. The van der Waals surface area contributed by atoms with E-state index in [2.05, 4.69) is 44.0 Å². The Labute approximate surface area is 160 Å². The van der Waals surface area contributed by atoms with Crippen LogP contribution in [0.1, 0.15) is 36.7 Å². The lowest BCUT2D eigenvalue weighted by Crippen LogP contribution is -2.55. The van der Waals surface area contributed by atoms with Gasteiger partial charge in [-0.25, -0.2) is 0 Å². The van der Waals surface area contributed by atoms with Gasteiger partial charge in [-0.15, -0.1) is 0 Å². The van der Waals surface area contributed by atoms with Gasteiger partial charge in [0.05, 0.1) is 16.7 Å². The Morgan fingerprint density at radius 3 is 2.33 bits per heavy atom. The molecule has 1 amide bonds. The van der Waals surface area contributed by atoms with Gasteiger partial charge in [0, 0.05) is 24.0 Å². The molecule has 0 saturated heterocycles. The Hall–Kier alpha value is -2.87. The lowest BCUT2D eigenvalue weighted by atomic mass is 10.2. The zero-order valence-corrected chi connectivity index (χ0v) is 17.2. The zero-order chi connectivity index (χ0) is 20.2. The first-order valence-corrected chi connectivity index (χ1v) is 11.5. The number of rotatable bonds is 5. The van der Waals surface area contributed by atoms with E-state index in [1.165, 1.54) is 17.0 Å². The van der Waals surface area contributed by atoms with Crippen LogP contribution in [0.5, 0.6) is 0 Å². The van der Waals surface area contributed by atoms with Gasteiger partial charge in [0.2, 0.25) is 0 Å². The summed E-state index contributed by atoms with van der Waals surface area (Å²) in [5, 5.41) is 15.5. The topological polar surface area (TPSA) is 88.7 Å². The maximum Gasteiger partial charge on any atom is 0.278 e. The van der Waals surface area contributed by atoms with E-state index in [9.17, 15) is 14.9 Å². The van der Waals surface area contributed by atoms with Gasteiger partial charge >= 0.3 is 0 Å². The number of carbonyl (C=O) groups is 1. The van der Waals surface area contributed by atoms with E-state index in [-0.39, 0.29) is 16.6 Å². The monoisotopic (exact) mass is 384 g/mol. The van der Waals surface area contributed by atoms with Crippen molar-refractivity contribution < 1.29 is 9.72 Å². The van der Waals surface area contributed by atoms with Crippen molar-refractivity contribution in [2.45, 2.75) is 38.9 Å². The van der Waals surface area contributed by atoms with Crippen LogP contribution in [0.2, 0.25) is 18.1 Å². The van der Waals surface area contributed by atoms with Crippen LogP contribution in [0.3, 0.4) is 0 Å². The number of hydrazone groups is 1. The molecule has 0 aliphatic carbocycles. The summed E-state index contributed by atoms with van der Waals surface area (Å²) in [6.45, 7) is 10.3. The van der Waals surface area contributed by atoms with Crippen LogP contribution in [0, 0.1) is 10.1 Å². The molecule has 2 aromatic rings. The minimum Gasteiger partial charge on any atom is -0.268 e. The molecule has 0 saturated carbocycles. The molecule has 0 N–H and O–H groups in total. The number of carbonyl (C=O) groups excluding carboxylic acids is 1. The molecule has 7 nitrogen and oxygen atoms in total. The summed E-state index contributed by atoms with van der Waals surface area (Å²) in [5.41, 5.74) is 0.788. The molecule has 0 aliphatic rings. The molecule has 0 unspecified atom stereocenters. The summed E-state index contributed by atoms with van der Waals surface area (Å²) in [4.78, 5) is 27.9. The minimum atomic E-state index is -2.38. The zero-order valence-electron chi connectivity index (χ0n) is 16.2. The molecule has 2 rings (SSSR count). The van der Waals surface area contributed by atoms with Crippen LogP contribution in [-0.4, -0.2) is 34.9 Å². The summed E-state index contributed by atoms with van der Waals surface area (Å²) in [5.74, 6) is -0.237. The molecule has 0 radical (unpaired) electrons. The Balaban J connectivity index is 2.51. The Bertz CT molecular complexity index is 861. The van der Waals surface area contributed by atoms with Crippen molar-refractivity contribution in [2.75, 3.05) is 0 Å². The lowest BCUT2D eigenvalue weighted by molar-refractivity contribution is -0.385. The highest BCUT2D eigenvalue weighted by Crippen LogP contribution is 2.39. The molecule has 27 heavy (non-hydrogen) atoms. The summed E-state index contributed by atoms with van der Waals surface area (Å²) in [6, 6.07) is 9.62. The molecular weight excluding hydrogens is 360 g/mol. The van der Waals surface area contributed by atoms with Gasteiger partial charge in [-0.2, -0.15) is 5.10 Å². The van der Waals surface area contributed by atoms with Gasteiger partial charge in [-0.05, 0) is 36.3 Å². The fraction of sp³-hybridized carbons (Fsp3) is 0.316. The smallest absolute Gasteiger partial charge is 0.268 e. The van der Waals surface area contributed by atoms with E-state index in [0.717, 1.165) is 0 Å². The van der Waals surface area contributed by atoms with Gasteiger partial charge in [-0.3, -0.25) is 24.6 Å². The number of nitro benzene ring substituents is 1. The fourth-order valence-corrected chi connectivity index (χ4v) is 3.89. The third-order valence-corrected chi connectivity index (χ3v) is 9.98. The highest BCUT2D eigenvalue weighted by molar-refractivity contribution is 6.79. The summed E-state index contributed by atoms with van der Waals surface area (Å²) >= 11 is 0. The molecule has 142 valence electrons. The third-order valence-electron chi connectivity index (χ3n) is 4.93. The van der Waals surface area contributed by atoms with Gasteiger partial charge < -0.3 is 0 Å². The number of nitro groups is 1. The van der Waals surface area contributed by atoms with Crippen molar-refractivity contribution >= 4 is 26.0 Å². The average molecular weight is 385 g/mol. The Morgan fingerprint density at radius 2 is 1.78 bits per heavy atom. The molecule has 0 bridgehead atoms. The lowest BCUT2D eigenvalue weighted by Gasteiger charge is -2.42. The number of para-hydroxylation sites is 1. The molecule has 8 heteroatoms. The van der Waals surface area contributed by atoms with Crippen LogP contribution in [0.25, 0.3) is 0 Å². The molecule has 0 atom stereocenters. The Morgan fingerprint density at radius 1 is 1.19 bits per heavy atom. The van der Waals surface area contributed by atoms with E-state index >= 15 is 0 Å². The van der Waals surface area contributed by atoms with Crippen LogP contribution in [-0.2, 0) is 0 Å². The average Bonchev–Trinajstić information content (AvgIpc) is 2.61. The quantitative estimate of drug-likeness (QED) is 0.329. The highest BCUT2D eigenvalue weighted by Gasteiger charge is 2.44. The van der Waals surface area contributed by atoms with Crippen LogP contribution in [0.15, 0.2) is 53.9 Å². The number of aromatic nitrogens is 1. The second-order valence-electron chi connectivity index (χ2n) is 7.72. The molecule has 1 heterocycles. The molecule has 0 fully saturated rings. The molecule has 0 aliphatic heterocycles. The van der Waals surface area contributed by atoms with E-state index in [1.807, 2.05) is 0 Å². The van der Waals surface area contributed by atoms with E-state index < -0.39 is 13.2 Å². The molecule has 1 aromatic heterocycles. The normalized spacial score (nSPS) is 12.2. The maximum atomic E-state index is 13.2. The van der Waals surface area contributed by atoms with E-state index in [0.29, 0.717) is 11.1 Å². The van der Waals surface area contributed by atoms with Crippen molar-refractivity contribution in [1.82, 2.24) is 9.66 Å². The first-order chi connectivity index (χ1) is 12.6. The third kappa shape index (κ3) is 4.46. The van der Waals surface area contributed by atoms with Gasteiger partial charge in [-0.1, -0.05) is 32.9 Å².